The van der Waals surface area contributed by atoms with E-state index < -0.39 is 11.2 Å². The van der Waals surface area contributed by atoms with E-state index in [1.807, 2.05) is 0 Å². The highest BCUT2D eigenvalue weighted by atomic mass is 19.1. The summed E-state index contributed by atoms with van der Waals surface area (Å²) in [6.07, 6.45) is 6.10. The number of aliphatic hydroxyl groups is 2. The van der Waals surface area contributed by atoms with Crippen molar-refractivity contribution in [2.24, 2.45) is 0 Å². The van der Waals surface area contributed by atoms with Crippen molar-refractivity contribution in [1.29, 1.82) is 0 Å². The first-order chi connectivity index (χ1) is 12.9. The van der Waals surface area contributed by atoms with Crippen LogP contribution < -0.4 is 4.74 Å². The van der Waals surface area contributed by atoms with Crippen LogP contribution in [0.4, 0.5) is 4.39 Å². The lowest BCUT2D eigenvalue weighted by atomic mass is 9.93. The second-order valence-corrected chi connectivity index (χ2v) is 8.33. The Labute approximate surface area is 161 Å². The first kappa shape index (κ1) is 20.5. The Balaban J connectivity index is 1.61. The Bertz CT molecular complexity index is 618. The molecule has 2 aliphatic rings. The lowest BCUT2D eigenvalue weighted by Gasteiger charge is -2.36. The van der Waals surface area contributed by atoms with Crippen molar-refractivity contribution in [3.8, 4) is 5.75 Å². The van der Waals surface area contributed by atoms with Crippen LogP contribution in [0.3, 0.4) is 0 Å². The van der Waals surface area contributed by atoms with Crippen molar-refractivity contribution >= 4 is 0 Å². The highest BCUT2D eigenvalue weighted by molar-refractivity contribution is 5.28. The molecular formula is C21H32FNO4. The van der Waals surface area contributed by atoms with Gasteiger partial charge in [0.05, 0.1) is 18.8 Å². The average Bonchev–Trinajstić information content (AvgIpc) is 2.94. The van der Waals surface area contributed by atoms with E-state index in [0.29, 0.717) is 37.6 Å². The van der Waals surface area contributed by atoms with Gasteiger partial charge in [-0.15, -0.1) is 0 Å². The van der Waals surface area contributed by atoms with Gasteiger partial charge in [0.1, 0.15) is 23.8 Å². The predicted octanol–water partition coefficient (Wildman–Crippen LogP) is 2.66. The number of halogens is 1. The smallest absolute Gasteiger partial charge is 0.134 e. The monoisotopic (exact) mass is 381 g/mol. The van der Waals surface area contributed by atoms with Crippen molar-refractivity contribution in [3.05, 3.63) is 29.6 Å². The normalized spacial score (nSPS) is 27.0. The lowest BCUT2D eigenvalue weighted by Crippen LogP contribution is -2.52. The molecule has 1 aliphatic heterocycles. The molecule has 0 bridgehead atoms. The summed E-state index contributed by atoms with van der Waals surface area (Å²) in [5.74, 6) is 0.252. The molecule has 0 radical (unpaired) electrons. The number of rotatable bonds is 5. The Morgan fingerprint density at radius 1 is 1.15 bits per heavy atom. The maximum absolute atomic E-state index is 13.4. The molecule has 0 amide bonds. The average molecular weight is 381 g/mol. The molecule has 1 saturated heterocycles. The van der Waals surface area contributed by atoms with Crippen LogP contribution >= 0.6 is 0 Å². The molecule has 152 valence electrons. The van der Waals surface area contributed by atoms with Crippen LogP contribution in [0.2, 0.25) is 0 Å². The van der Waals surface area contributed by atoms with Crippen LogP contribution in [0.1, 0.15) is 44.1 Å². The van der Waals surface area contributed by atoms with Crippen LogP contribution in [0.15, 0.2) is 18.2 Å². The molecule has 1 heterocycles. The number of β-amino-alcohol motifs (C(OH)–C–C–N with tert-alkyl or cyclic N) is 2. The molecule has 5 nitrogen and oxygen atoms in total. The van der Waals surface area contributed by atoms with Gasteiger partial charge < -0.3 is 19.7 Å². The second kappa shape index (κ2) is 8.86. The number of hydrogen-bond acceptors (Lipinski definition) is 5. The largest absolute Gasteiger partial charge is 0.490 e. The Morgan fingerprint density at radius 3 is 2.59 bits per heavy atom. The summed E-state index contributed by atoms with van der Waals surface area (Å²) in [5.41, 5.74) is -1.34. The Morgan fingerprint density at radius 2 is 1.89 bits per heavy atom. The summed E-state index contributed by atoms with van der Waals surface area (Å²) >= 11 is 0. The van der Waals surface area contributed by atoms with E-state index in [-0.39, 0.29) is 19.0 Å². The molecular weight excluding hydrogens is 349 g/mol. The van der Waals surface area contributed by atoms with Crippen molar-refractivity contribution in [1.82, 2.24) is 4.90 Å². The van der Waals surface area contributed by atoms with E-state index in [9.17, 15) is 14.6 Å². The number of aryl methyl sites for hydroxylation is 1. The second-order valence-electron chi connectivity index (χ2n) is 8.33. The Kier molecular flexibility index (Phi) is 6.74. The molecule has 3 rings (SSSR count). The van der Waals surface area contributed by atoms with Gasteiger partial charge in [0.2, 0.25) is 0 Å². The third kappa shape index (κ3) is 5.88. The standard InChI is InChI=1S/C21H32FNO4/c1-17-12-18(6-7-19(17)22)27-16-21(25)14-23(10-11-26-15-21)13-20(24)8-4-2-3-5-9-20/h6-7,12,24-25H,2-5,8-11,13-16H2,1H3/t21-/m0/s1. The molecule has 0 unspecified atom stereocenters. The van der Waals surface area contributed by atoms with Gasteiger partial charge in [0, 0.05) is 19.6 Å². The topological polar surface area (TPSA) is 62.2 Å². The summed E-state index contributed by atoms with van der Waals surface area (Å²) < 4.78 is 24.7. The van der Waals surface area contributed by atoms with E-state index in [2.05, 4.69) is 4.90 Å². The predicted molar refractivity (Wildman–Crippen MR) is 101 cm³/mol. The lowest BCUT2D eigenvalue weighted by molar-refractivity contribution is -0.0733. The van der Waals surface area contributed by atoms with Crippen LogP contribution in [0, 0.1) is 12.7 Å². The first-order valence-electron chi connectivity index (χ1n) is 10.0. The maximum Gasteiger partial charge on any atom is 0.134 e. The van der Waals surface area contributed by atoms with Crippen LogP contribution in [-0.2, 0) is 4.74 Å². The number of nitrogens with zero attached hydrogens (tertiary/aromatic N) is 1. The van der Waals surface area contributed by atoms with E-state index in [1.165, 1.54) is 18.9 Å². The third-order valence-corrected chi connectivity index (χ3v) is 5.63. The van der Waals surface area contributed by atoms with Crippen molar-refractivity contribution in [3.63, 3.8) is 0 Å². The minimum Gasteiger partial charge on any atom is -0.490 e. The van der Waals surface area contributed by atoms with Crippen molar-refractivity contribution in [2.75, 3.05) is 39.5 Å². The molecule has 0 aromatic heterocycles. The van der Waals surface area contributed by atoms with Crippen molar-refractivity contribution in [2.45, 2.75) is 56.7 Å². The molecule has 2 N–H and O–H groups in total. The number of benzene rings is 1. The van der Waals surface area contributed by atoms with Gasteiger partial charge in [-0.2, -0.15) is 0 Å². The summed E-state index contributed by atoms with van der Waals surface area (Å²) in [5, 5.41) is 22.0. The fourth-order valence-electron chi connectivity index (χ4n) is 4.10. The molecule has 1 aromatic rings. The number of hydrogen-bond donors (Lipinski definition) is 2. The van der Waals surface area contributed by atoms with Gasteiger partial charge in [-0.3, -0.25) is 4.90 Å². The maximum atomic E-state index is 13.4. The summed E-state index contributed by atoms with van der Waals surface area (Å²) in [6, 6.07) is 4.56. The van der Waals surface area contributed by atoms with E-state index in [0.717, 1.165) is 25.7 Å². The van der Waals surface area contributed by atoms with E-state index in [4.69, 9.17) is 9.47 Å². The van der Waals surface area contributed by atoms with Crippen LogP contribution in [0.5, 0.6) is 5.75 Å². The van der Waals surface area contributed by atoms with Gasteiger partial charge >= 0.3 is 0 Å². The number of ether oxygens (including phenoxy) is 2. The third-order valence-electron chi connectivity index (χ3n) is 5.63. The van der Waals surface area contributed by atoms with Crippen LogP contribution in [0.25, 0.3) is 0 Å². The molecule has 1 saturated carbocycles. The highest BCUT2D eigenvalue weighted by Crippen LogP contribution is 2.29. The molecule has 6 heteroatoms. The van der Waals surface area contributed by atoms with Gasteiger partial charge in [0.15, 0.2) is 0 Å². The van der Waals surface area contributed by atoms with Crippen LogP contribution in [-0.4, -0.2) is 65.8 Å². The van der Waals surface area contributed by atoms with E-state index >= 15 is 0 Å². The molecule has 2 fully saturated rings. The van der Waals surface area contributed by atoms with Gasteiger partial charge in [0.25, 0.3) is 0 Å². The van der Waals surface area contributed by atoms with Crippen molar-refractivity contribution < 1.29 is 24.1 Å². The molecule has 27 heavy (non-hydrogen) atoms. The SMILES string of the molecule is Cc1cc(OC[C@@]2(O)COCCN(CC3(O)CCCCCC3)C2)ccc1F. The highest BCUT2D eigenvalue weighted by Gasteiger charge is 2.37. The fraction of sp³-hybridized carbons (Fsp3) is 0.714. The first-order valence-corrected chi connectivity index (χ1v) is 10.0. The zero-order valence-corrected chi connectivity index (χ0v) is 16.3. The quantitative estimate of drug-likeness (QED) is 0.768. The molecule has 1 atom stereocenters. The zero-order valence-electron chi connectivity index (χ0n) is 16.3. The Hall–Kier alpha value is -1.21. The van der Waals surface area contributed by atoms with Gasteiger partial charge in [-0.1, -0.05) is 25.7 Å². The summed E-state index contributed by atoms with van der Waals surface area (Å²) in [4.78, 5) is 2.09. The van der Waals surface area contributed by atoms with Gasteiger partial charge in [-0.05, 0) is 43.5 Å². The minimum absolute atomic E-state index is 0.0625. The molecule has 1 aliphatic carbocycles. The molecule has 1 aromatic carbocycles. The fourth-order valence-corrected chi connectivity index (χ4v) is 4.10. The van der Waals surface area contributed by atoms with E-state index in [1.54, 1.807) is 19.1 Å². The summed E-state index contributed by atoms with van der Waals surface area (Å²) in [7, 11) is 0. The zero-order chi connectivity index (χ0) is 19.3. The molecule has 0 spiro atoms. The minimum atomic E-state index is -1.17. The van der Waals surface area contributed by atoms with Gasteiger partial charge in [-0.25, -0.2) is 4.39 Å². The summed E-state index contributed by atoms with van der Waals surface area (Å²) in [6.45, 7) is 4.06.